The van der Waals surface area contributed by atoms with Crippen molar-refractivity contribution >= 4 is 0 Å². The predicted molar refractivity (Wildman–Crippen MR) is 51.8 cm³/mol. The minimum atomic E-state index is -0.382. The third kappa shape index (κ3) is 1.91. The molecular weight excluding hydrogens is 179 g/mol. The first-order valence-electron chi connectivity index (χ1n) is 4.25. The monoisotopic (exact) mass is 187 g/mol. The van der Waals surface area contributed by atoms with Crippen molar-refractivity contribution in [1.29, 1.82) is 0 Å². The van der Waals surface area contributed by atoms with E-state index in [0.29, 0.717) is 5.75 Å². The summed E-state index contributed by atoms with van der Waals surface area (Å²) in [5, 5.41) is 0. The summed E-state index contributed by atoms with van der Waals surface area (Å²) in [6.45, 7) is 0. The van der Waals surface area contributed by atoms with Gasteiger partial charge in [-0.05, 0) is 30.3 Å². The first-order chi connectivity index (χ1) is 6.86. The maximum absolute atomic E-state index is 13.1. The van der Waals surface area contributed by atoms with Gasteiger partial charge in [0.15, 0.2) is 11.6 Å². The van der Waals surface area contributed by atoms with Gasteiger partial charge in [0.25, 0.3) is 0 Å². The molecule has 0 aromatic heterocycles. The highest BCUT2D eigenvalue weighted by Gasteiger charge is 2.01. The van der Waals surface area contributed by atoms with Crippen LogP contribution in [0.1, 0.15) is 0 Å². The molecule has 0 fully saturated rings. The summed E-state index contributed by atoms with van der Waals surface area (Å²) < 4.78 is 18.4. The first kappa shape index (κ1) is 8.75. The first-order valence-corrected chi connectivity index (χ1v) is 4.25. The zero-order chi connectivity index (χ0) is 9.80. The second-order valence-electron chi connectivity index (χ2n) is 2.77. The minimum absolute atomic E-state index is 0.193. The lowest BCUT2D eigenvalue weighted by molar-refractivity contribution is 0.442. The van der Waals surface area contributed by atoms with Crippen LogP contribution in [0, 0.1) is 11.9 Å². The van der Waals surface area contributed by atoms with Crippen LogP contribution in [-0.2, 0) is 0 Å². The van der Waals surface area contributed by atoms with Crippen molar-refractivity contribution < 1.29 is 9.13 Å². The number of benzene rings is 2. The van der Waals surface area contributed by atoms with Gasteiger partial charge in [0.2, 0.25) is 0 Å². The molecule has 0 atom stereocenters. The third-order valence-corrected chi connectivity index (χ3v) is 1.75. The van der Waals surface area contributed by atoms with E-state index >= 15 is 0 Å². The third-order valence-electron chi connectivity index (χ3n) is 1.75. The van der Waals surface area contributed by atoms with Gasteiger partial charge in [0, 0.05) is 0 Å². The molecule has 2 aromatic carbocycles. The number of hydrogen-bond donors (Lipinski definition) is 0. The predicted octanol–water partition coefficient (Wildman–Crippen LogP) is 3.42. The highest BCUT2D eigenvalue weighted by molar-refractivity contribution is 5.31. The van der Waals surface area contributed by atoms with Crippen LogP contribution < -0.4 is 4.74 Å². The maximum atomic E-state index is 13.1. The summed E-state index contributed by atoms with van der Waals surface area (Å²) in [6.07, 6.45) is 0. The normalized spacial score (nSPS) is 9.79. The Balaban J connectivity index is 2.24. The lowest BCUT2D eigenvalue weighted by Gasteiger charge is -2.05. The lowest BCUT2D eigenvalue weighted by atomic mass is 10.3. The Kier molecular flexibility index (Phi) is 2.45. The van der Waals surface area contributed by atoms with Gasteiger partial charge < -0.3 is 4.74 Å². The second-order valence-corrected chi connectivity index (χ2v) is 2.77. The van der Waals surface area contributed by atoms with Crippen molar-refractivity contribution in [2.45, 2.75) is 0 Å². The molecule has 0 aliphatic carbocycles. The molecule has 0 saturated carbocycles. The van der Waals surface area contributed by atoms with Crippen LogP contribution in [0.4, 0.5) is 4.39 Å². The molecular formula is C12H8FO. The number of para-hydroxylation sites is 1. The number of rotatable bonds is 2. The van der Waals surface area contributed by atoms with Gasteiger partial charge in [-0.3, -0.25) is 0 Å². The fraction of sp³-hybridized carbons (Fsp3) is 0. The van der Waals surface area contributed by atoms with Gasteiger partial charge in [-0.25, -0.2) is 4.39 Å². The zero-order valence-electron chi connectivity index (χ0n) is 7.41. The SMILES string of the molecule is Fc1cc[c]cc1Oc1ccccc1. The largest absolute Gasteiger partial charge is 0.454 e. The van der Waals surface area contributed by atoms with Crippen molar-refractivity contribution in [2.24, 2.45) is 0 Å². The topological polar surface area (TPSA) is 9.23 Å². The highest BCUT2D eigenvalue weighted by atomic mass is 19.1. The molecule has 1 radical (unpaired) electrons. The molecule has 0 unspecified atom stereocenters. The van der Waals surface area contributed by atoms with E-state index in [1.54, 1.807) is 12.1 Å². The summed E-state index contributed by atoms with van der Waals surface area (Å²) in [5.74, 6) is 0.428. The second kappa shape index (κ2) is 3.92. The Morgan fingerprint density at radius 3 is 2.57 bits per heavy atom. The molecule has 2 rings (SSSR count). The van der Waals surface area contributed by atoms with Crippen LogP contribution >= 0.6 is 0 Å². The molecule has 0 N–H and O–H groups in total. The fourth-order valence-electron chi connectivity index (χ4n) is 1.09. The smallest absolute Gasteiger partial charge is 0.165 e. The fourth-order valence-corrected chi connectivity index (χ4v) is 1.09. The number of hydrogen-bond acceptors (Lipinski definition) is 1. The molecule has 1 nitrogen and oxygen atoms in total. The average molecular weight is 187 g/mol. The molecule has 0 heterocycles. The average Bonchev–Trinajstić information content (AvgIpc) is 2.23. The zero-order valence-corrected chi connectivity index (χ0v) is 7.41. The van der Waals surface area contributed by atoms with Crippen molar-refractivity contribution in [2.75, 3.05) is 0 Å². The van der Waals surface area contributed by atoms with Crippen molar-refractivity contribution in [1.82, 2.24) is 0 Å². The van der Waals surface area contributed by atoms with E-state index in [4.69, 9.17) is 4.74 Å². The van der Waals surface area contributed by atoms with E-state index in [1.165, 1.54) is 18.2 Å². The van der Waals surface area contributed by atoms with Crippen LogP contribution in [0.15, 0.2) is 48.5 Å². The van der Waals surface area contributed by atoms with E-state index in [2.05, 4.69) is 6.07 Å². The number of ether oxygens (including phenoxy) is 1. The molecule has 0 aliphatic rings. The molecule has 14 heavy (non-hydrogen) atoms. The molecule has 0 amide bonds. The van der Waals surface area contributed by atoms with Crippen LogP contribution in [0.3, 0.4) is 0 Å². The van der Waals surface area contributed by atoms with Gasteiger partial charge in [0.05, 0.1) is 0 Å². The Morgan fingerprint density at radius 1 is 1.07 bits per heavy atom. The Morgan fingerprint density at radius 2 is 1.86 bits per heavy atom. The van der Waals surface area contributed by atoms with E-state index < -0.39 is 0 Å². The Bertz CT molecular complexity index is 412. The Hall–Kier alpha value is -1.83. The maximum Gasteiger partial charge on any atom is 0.165 e. The molecule has 2 heteroatoms. The van der Waals surface area contributed by atoms with Gasteiger partial charge in [-0.1, -0.05) is 24.3 Å². The molecule has 2 aromatic rings. The minimum Gasteiger partial charge on any atom is -0.454 e. The van der Waals surface area contributed by atoms with Crippen LogP contribution in [0.25, 0.3) is 0 Å². The summed E-state index contributed by atoms with van der Waals surface area (Å²) in [5.41, 5.74) is 0. The summed E-state index contributed by atoms with van der Waals surface area (Å²) in [7, 11) is 0. The molecule has 0 bridgehead atoms. The molecule has 0 spiro atoms. The van der Waals surface area contributed by atoms with Crippen LogP contribution in [0.2, 0.25) is 0 Å². The van der Waals surface area contributed by atoms with E-state index in [9.17, 15) is 4.39 Å². The van der Waals surface area contributed by atoms with Gasteiger partial charge in [-0.2, -0.15) is 0 Å². The standard InChI is InChI=1S/C12H8FO/c13-11-8-4-5-9-12(11)14-10-6-2-1-3-7-10/h1-4,6-9H. The summed E-state index contributed by atoms with van der Waals surface area (Å²) in [4.78, 5) is 0. The Labute approximate surface area is 81.8 Å². The molecule has 69 valence electrons. The lowest BCUT2D eigenvalue weighted by Crippen LogP contribution is -1.86. The van der Waals surface area contributed by atoms with Gasteiger partial charge in [-0.15, -0.1) is 0 Å². The van der Waals surface area contributed by atoms with Crippen LogP contribution in [0.5, 0.6) is 11.5 Å². The van der Waals surface area contributed by atoms with E-state index in [-0.39, 0.29) is 11.6 Å². The van der Waals surface area contributed by atoms with E-state index in [1.807, 2.05) is 18.2 Å². The quantitative estimate of drug-likeness (QED) is 0.700. The van der Waals surface area contributed by atoms with Gasteiger partial charge in [0.1, 0.15) is 5.75 Å². The summed E-state index contributed by atoms with van der Waals surface area (Å²) in [6, 6.07) is 16.1. The van der Waals surface area contributed by atoms with Crippen molar-refractivity contribution in [3.63, 3.8) is 0 Å². The highest BCUT2D eigenvalue weighted by Crippen LogP contribution is 2.22. The van der Waals surface area contributed by atoms with Crippen molar-refractivity contribution in [3.05, 3.63) is 60.4 Å². The molecule has 0 aliphatic heterocycles. The van der Waals surface area contributed by atoms with Crippen LogP contribution in [-0.4, -0.2) is 0 Å². The molecule has 0 saturated heterocycles. The van der Waals surface area contributed by atoms with E-state index in [0.717, 1.165) is 0 Å². The summed E-state index contributed by atoms with van der Waals surface area (Å²) >= 11 is 0. The van der Waals surface area contributed by atoms with Gasteiger partial charge >= 0.3 is 0 Å². The number of halogens is 1. The van der Waals surface area contributed by atoms with Crippen molar-refractivity contribution in [3.8, 4) is 11.5 Å².